The van der Waals surface area contributed by atoms with Gasteiger partial charge in [-0.3, -0.25) is 15.5 Å². The van der Waals surface area contributed by atoms with E-state index in [2.05, 4.69) is 65.1 Å². The Hall–Kier alpha value is -3.48. The van der Waals surface area contributed by atoms with Gasteiger partial charge in [0.2, 0.25) is 5.82 Å². The Morgan fingerprint density at radius 3 is 2.75 bits per heavy atom. The van der Waals surface area contributed by atoms with Crippen molar-refractivity contribution in [2.75, 3.05) is 5.43 Å². The quantitative estimate of drug-likeness (QED) is 0.383. The lowest BCUT2D eigenvalue weighted by atomic mass is 10.1. The topological polar surface area (TPSA) is 85.3 Å². The normalized spacial score (nSPS) is 11.1. The molecule has 0 saturated carbocycles. The number of para-hydroxylation sites is 1. The van der Waals surface area contributed by atoms with Crippen LogP contribution in [0.4, 0.5) is 11.5 Å². The Labute approximate surface area is 163 Å². The van der Waals surface area contributed by atoms with Gasteiger partial charge in [-0.1, -0.05) is 25.1 Å². The molecule has 2 aromatic heterocycles. The molecule has 0 amide bonds. The molecule has 1 N–H and O–H groups in total. The molecule has 0 fully saturated rings. The average molecular weight is 377 g/mol. The second-order valence-corrected chi connectivity index (χ2v) is 6.60. The van der Waals surface area contributed by atoms with Crippen molar-refractivity contribution in [3.63, 3.8) is 0 Å². The third kappa shape index (κ3) is 3.64. The molecule has 7 nitrogen and oxygen atoms in total. The molecule has 0 unspecified atom stereocenters. The van der Waals surface area contributed by atoms with Crippen molar-refractivity contribution in [2.45, 2.75) is 34.1 Å². The highest BCUT2D eigenvalue weighted by Crippen LogP contribution is 2.26. The molecule has 0 aliphatic rings. The molecular weight excluding hydrogens is 354 g/mol. The summed E-state index contributed by atoms with van der Waals surface area (Å²) in [5.74, 6) is 0.115. The first-order chi connectivity index (χ1) is 13.4. The number of anilines is 1. The van der Waals surface area contributed by atoms with Crippen LogP contribution in [0.25, 0.3) is 5.69 Å². The fraction of sp³-hybridized carbons (Fsp3) is 0.238. The first-order valence-electron chi connectivity index (χ1n) is 9.10. The Kier molecular flexibility index (Phi) is 5.54. The molecule has 0 radical (unpaired) electrons. The van der Waals surface area contributed by atoms with E-state index in [9.17, 15) is 10.1 Å². The Bertz CT molecular complexity index is 1050. The molecule has 0 saturated heterocycles. The van der Waals surface area contributed by atoms with Crippen LogP contribution in [0.3, 0.4) is 0 Å². The summed E-state index contributed by atoms with van der Waals surface area (Å²) in [6, 6.07) is 11.3. The van der Waals surface area contributed by atoms with E-state index < -0.39 is 4.92 Å². The molecule has 0 bridgehead atoms. The minimum Gasteiger partial charge on any atom is -0.317 e. The van der Waals surface area contributed by atoms with Crippen molar-refractivity contribution in [1.29, 1.82) is 0 Å². The van der Waals surface area contributed by atoms with E-state index in [0.717, 1.165) is 23.4 Å². The molecular formula is C21H23N5O2. The van der Waals surface area contributed by atoms with Crippen molar-refractivity contribution < 1.29 is 4.92 Å². The summed E-state index contributed by atoms with van der Waals surface area (Å²) in [6.07, 6.45) is 4.10. The van der Waals surface area contributed by atoms with Gasteiger partial charge in [0, 0.05) is 29.2 Å². The van der Waals surface area contributed by atoms with Gasteiger partial charge in [0.25, 0.3) is 0 Å². The van der Waals surface area contributed by atoms with Crippen LogP contribution < -0.4 is 5.43 Å². The van der Waals surface area contributed by atoms with Crippen molar-refractivity contribution in [2.24, 2.45) is 5.10 Å². The first-order valence-corrected chi connectivity index (χ1v) is 9.10. The van der Waals surface area contributed by atoms with Crippen LogP contribution in [-0.4, -0.2) is 20.7 Å². The van der Waals surface area contributed by atoms with Crippen molar-refractivity contribution >= 4 is 17.7 Å². The SMILES string of the molecule is CCc1cccc(C)c1-n1c(C)cc(/C=N\Nc2ncccc2[N+](=O)[O-])c1C. The predicted octanol–water partition coefficient (Wildman–Crippen LogP) is 4.71. The highest BCUT2D eigenvalue weighted by atomic mass is 16.6. The minimum absolute atomic E-state index is 0.113. The zero-order valence-corrected chi connectivity index (χ0v) is 16.4. The number of benzene rings is 1. The maximum absolute atomic E-state index is 11.1. The fourth-order valence-electron chi connectivity index (χ4n) is 3.38. The van der Waals surface area contributed by atoms with Crippen LogP contribution in [0, 0.1) is 30.9 Å². The van der Waals surface area contributed by atoms with Crippen molar-refractivity contribution in [1.82, 2.24) is 9.55 Å². The van der Waals surface area contributed by atoms with Crippen LogP contribution in [0.5, 0.6) is 0 Å². The molecule has 144 valence electrons. The van der Waals surface area contributed by atoms with Gasteiger partial charge in [-0.15, -0.1) is 0 Å². The number of aromatic nitrogens is 2. The third-order valence-corrected chi connectivity index (χ3v) is 4.75. The van der Waals surface area contributed by atoms with Gasteiger partial charge >= 0.3 is 5.69 Å². The summed E-state index contributed by atoms with van der Waals surface area (Å²) < 4.78 is 2.23. The molecule has 0 aliphatic heterocycles. The van der Waals surface area contributed by atoms with E-state index in [1.807, 2.05) is 6.92 Å². The summed E-state index contributed by atoms with van der Waals surface area (Å²) in [4.78, 5) is 14.6. The fourth-order valence-corrected chi connectivity index (χ4v) is 3.38. The van der Waals surface area contributed by atoms with Gasteiger partial charge in [-0.05, 0) is 50.5 Å². The summed E-state index contributed by atoms with van der Waals surface area (Å²) in [5, 5.41) is 15.3. The number of hydrazone groups is 1. The molecule has 0 aliphatic carbocycles. The highest BCUT2D eigenvalue weighted by Gasteiger charge is 2.15. The zero-order chi connectivity index (χ0) is 20.3. The largest absolute Gasteiger partial charge is 0.317 e. The van der Waals surface area contributed by atoms with Crippen LogP contribution in [0.2, 0.25) is 0 Å². The molecule has 7 heteroatoms. The number of pyridine rings is 1. The average Bonchev–Trinajstić information content (AvgIpc) is 2.95. The van der Waals surface area contributed by atoms with Crippen molar-refractivity contribution in [3.05, 3.63) is 80.8 Å². The number of hydrogen-bond acceptors (Lipinski definition) is 5. The van der Waals surface area contributed by atoms with E-state index in [-0.39, 0.29) is 11.5 Å². The standard InChI is InChI=1S/C21H23N5O2/c1-5-17-9-6-8-14(2)20(17)25-15(3)12-18(16(25)4)13-23-24-21-19(26(27)28)10-7-11-22-21/h6-13H,5H2,1-4H3,(H,22,24)/b23-13-. The van der Waals surface area contributed by atoms with E-state index >= 15 is 0 Å². The summed E-state index contributed by atoms with van der Waals surface area (Å²) >= 11 is 0. The zero-order valence-electron chi connectivity index (χ0n) is 16.4. The molecule has 2 heterocycles. The van der Waals surface area contributed by atoms with Gasteiger partial charge < -0.3 is 4.57 Å². The van der Waals surface area contributed by atoms with Crippen LogP contribution in [0.1, 0.15) is 35.0 Å². The van der Waals surface area contributed by atoms with Crippen molar-refractivity contribution in [3.8, 4) is 5.69 Å². The van der Waals surface area contributed by atoms with Gasteiger partial charge in [-0.2, -0.15) is 5.10 Å². The molecule has 1 aromatic carbocycles. The maximum Gasteiger partial charge on any atom is 0.313 e. The third-order valence-electron chi connectivity index (χ3n) is 4.75. The summed E-state index contributed by atoms with van der Waals surface area (Å²) in [6.45, 7) is 8.37. The molecule has 3 rings (SSSR count). The number of rotatable bonds is 6. The lowest BCUT2D eigenvalue weighted by Crippen LogP contribution is -2.06. The Morgan fingerprint density at radius 2 is 2.04 bits per heavy atom. The van der Waals surface area contributed by atoms with Crippen LogP contribution in [0.15, 0.2) is 47.7 Å². The minimum atomic E-state index is -0.485. The van der Waals surface area contributed by atoms with Crippen LogP contribution >= 0.6 is 0 Å². The Morgan fingerprint density at radius 1 is 1.25 bits per heavy atom. The maximum atomic E-state index is 11.1. The van der Waals surface area contributed by atoms with E-state index in [0.29, 0.717) is 0 Å². The second kappa shape index (κ2) is 8.04. The van der Waals surface area contributed by atoms with E-state index in [4.69, 9.17) is 0 Å². The van der Waals surface area contributed by atoms with Gasteiger partial charge in [0.15, 0.2) is 0 Å². The van der Waals surface area contributed by atoms with Gasteiger partial charge in [0.1, 0.15) is 0 Å². The summed E-state index contributed by atoms with van der Waals surface area (Å²) in [5.41, 5.74) is 9.37. The highest BCUT2D eigenvalue weighted by molar-refractivity contribution is 5.83. The van der Waals surface area contributed by atoms with E-state index in [1.54, 1.807) is 6.21 Å². The number of aryl methyl sites for hydroxylation is 3. The smallest absolute Gasteiger partial charge is 0.313 e. The lowest BCUT2D eigenvalue weighted by Gasteiger charge is -2.17. The summed E-state index contributed by atoms with van der Waals surface area (Å²) in [7, 11) is 0. The van der Waals surface area contributed by atoms with Gasteiger partial charge in [0.05, 0.1) is 16.8 Å². The molecule has 3 aromatic rings. The second-order valence-electron chi connectivity index (χ2n) is 6.60. The predicted molar refractivity (Wildman–Crippen MR) is 111 cm³/mol. The Balaban J connectivity index is 1.94. The first kappa shape index (κ1) is 19.3. The van der Waals surface area contributed by atoms with Crippen LogP contribution in [-0.2, 0) is 6.42 Å². The number of nitrogens with zero attached hydrogens (tertiary/aromatic N) is 4. The lowest BCUT2D eigenvalue weighted by molar-refractivity contribution is -0.384. The van der Waals surface area contributed by atoms with Gasteiger partial charge in [-0.25, -0.2) is 4.98 Å². The van der Waals surface area contributed by atoms with E-state index in [1.165, 1.54) is 35.1 Å². The molecule has 0 spiro atoms. The molecule has 28 heavy (non-hydrogen) atoms. The number of nitrogens with one attached hydrogen (secondary N) is 1. The number of nitro groups is 1. The molecule has 0 atom stereocenters. The number of hydrogen-bond donors (Lipinski definition) is 1. The monoisotopic (exact) mass is 377 g/mol.